The van der Waals surface area contributed by atoms with Gasteiger partial charge < -0.3 is 24.4 Å². The Labute approximate surface area is 282 Å². The van der Waals surface area contributed by atoms with Crippen molar-refractivity contribution in [2.75, 3.05) is 37.9 Å². The molecule has 1 amide bonds. The molecule has 16 heteroatoms. The van der Waals surface area contributed by atoms with E-state index in [0.29, 0.717) is 11.1 Å². The molecule has 0 aliphatic carbocycles. The number of nitrogens with zero attached hydrogens (tertiary/aromatic N) is 4. The highest BCUT2D eigenvalue weighted by molar-refractivity contribution is 5.99. The fourth-order valence-corrected chi connectivity index (χ4v) is 6.33. The summed E-state index contributed by atoms with van der Waals surface area (Å²) in [7, 11) is 1.50. The maximum absolute atomic E-state index is 15.5. The van der Waals surface area contributed by atoms with Crippen LogP contribution in [-0.4, -0.2) is 77.0 Å². The molecule has 6 rings (SSSR count). The van der Waals surface area contributed by atoms with Crippen molar-refractivity contribution in [1.29, 1.82) is 0 Å². The minimum Gasteiger partial charge on any atom is -0.486 e. The lowest BCUT2D eigenvalue weighted by molar-refractivity contribution is -0.167. The van der Waals surface area contributed by atoms with E-state index < -0.39 is 59.2 Å². The number of hydrogen-bond acceptors (Lipinski definition) is 9. The number of Topliss-reactive ketones (excluding diaryl/α,β-unsaturated/α-hetero) is 1. The summed E-state index contributed by atoms with van der Waals surface area (Å²) in [4.78, 5) is 58.5. The molecule has 1 saturated heterocycles. The number of amides is 1. The molecule has 0 radical (unpaired) electrons. The van der Waals surface area contributed by atoms with E-state index in [2.05, 4.69) is 10.3 Å². The van der Waals surface area contributed by atoms with Crippen molar-refractivity contribution < 1.29 is 41.4 Å². The lowest BCUT2D eigenvalue weighted by Crippen LogP contribution is -2.53. The fraction of sp³-hybridized carbons (Fsp3) is 0.382. The number of pyridine rings is 1. The van der Waals surface area contributed by atoms with E-state index in [1.165, 1.54) is 49.1 Å². The number of alkyl halides is 3. The van der Waals surface area contributed by atoms with Crippen LogP contribution >= 0.6 is 0 Å². The number of halogens is 4. The Kier molecular flexibility index (Phi) is 9.39. The third-order valence-corrected chi connectivity index (χ3v) is 8.87. The first-order chi connectivity index (χ1) is 23.8. The van der Waals surface area contributed by atoms with Gasteiger partial charge in [0.2, 0.25) is 0 Å². The number of morpholine rings is 1. The predicted octanol–water partition coefficient (Wildman–Crippen LogP) is 3.39. The van der Waals surface area contributed by atoms with Gasteiger partial charge in [-0.25, -0.2) is 13.8 Å². The van der Waals surface area contributed by atoms with E-state index in [4.69, 9.17) is 14.2 Å². The third-order valence-electron chi connectivity index (χ3n) is 8.87. The molecule has 2 aromatic carbocycles. The second kappa shape index (κ2) is 13.6. The minimum atomic E-state index is -4.63. The normalized spacial score (nSPS) is 16.7. The number of carbonyl (C=O) groups excluding carboxylic acids is 2. The first-order valence-corrected chi connectivity index (χ1v) is 15.8. The van der Waals surface area contributed by atoms with Crippen molar-refractivity contribution in [2.45, 2.75) is 44.9 Å². The Balaban J connectivity index is 1.32. The zero-order valence-corrected chi connectivity index (χ0v) is 27.3. The number of fused-ring (bicyclic) bond motifs is 2. The van der Waals surface area contributed by atoms with Gasteiger partial charge in [0.25, 0.3) is 11.5 Å². The standard InChI is InChI=1S/C34H33F4N5O7/c1-4-26(44)23(40-31(45)28-18(2)13-20(15-22(28)35)42-9-10-48-17-27(42)34(36,37)38)14-19-5-6-24(30-29(19)49-11-12-50-30)43-32(46)21-7-8-39-16-25(21)41(3)33(43)47/h5-8,13,15-16,23,27H,4,9-12,14,17H2,1-3H3,(H,40,45)/t23-,27+/m0/s1. The fourth-order valence-electron chi connectivity index (χ4n) is 6.33. The van der Waals surface area contributed by atoms with E-state index in [1.807, 2.05) is 0 Å². The van der Waals surface area contributed by atoms with E-state index >= 15 is 4.39 Å². The molecule has 2 aliphatic heterocycles. The third kappa shape index (κ3) is 6.30. The van der Waals surface area contributed by atoms with Gasteiger partial charge in [-0.15, -0.1) is 0 Å². The molecule has 0 unspecified atom stereocenters. The van der Waals surface area contributed by atoms with Crippen LogP contribution in [-0.2, 0) is 23.0 Å². The van der Waals surface area contributed by atoms with Gasteiger partial charge in [-0.05, 0) is 36.8 Å². The Morgan fingerprint density at radius 1 is 1.08 bits per heavy atom. The molecule has 2 atom stereocenters. The predicted molar refractivity (Wildman–Crippen MR) is 173 cm³/mol. The first kappa shape index (κ1) is 34.6. The van der Waals surface area contributed by atoms with Crippen LogP contribution in [0.15, 0.2) is 52.3 Å². The summed E-state index contributed by atoms with van der Waals surface area (Å²) in [6.45, 7) is 2.50. The molecule has 264 valence electrons. The number of aromatic nitrogens is 3. The van der Waals surface area contributed by atoms with Crippen molar-refractivity contribution in [2.24, 2.45) is 7.05 Å². The second-order valence-electron chi connectivity index (χ2n) is 12.0. The number of hydrogen-bond donors (Lipinski definition) is 1. The molecule has 0 bridgehead atoms. The first-order valence-electron chi connectivity index (χ1n) is 15.8. The minimum absolute atomic E-state index is 0.0101. The van der Waals surface area contributed by atoms with E-state index in [9.17, 15) is 32.3 Å². The monoisotopic (exact) mass is 699 g/mol. The molecule has 4 aromatic rings. The Bertz CT molecular complexity index is 2090. The Hall–Kier alpha value is -5.25. The lowest BCUT2D eigenvalue weighted by Gasteiger charge is -2.38. The number of carbonyl (C=O) groups is 2. The van der Waals surface area contributed by atoms with E-state index in [0.717, 1.165) is 15.5 Å². The number of ketones is 1. The summed E-state index contributed by atoms with van der Waals surface area (Å²) in [5.41, 5.74) is -0.800. The maximum Gasteiger partial charge on any atom is 0.411 e. The van der Waals surface area contributed by atoms with Gasteiger partial charge in [0.15, 0.2) is 17.3 Å². The molecule has 0 spiro atoms. The smallest absolute Gasteiger partial charge is 0.411 e. The van der Waals surface area contributed by atoms with E-state index in [-0.39, 0.29) is 73.0 Å². The highest BCUT2D eigenvalue weighted by Gasteiger charge is 2.45. The summed E-state index contributed by atoms with van der Waals surface area (Å²) in [5.74, 6) is -2.12. The van der Waals surface area contributed by atoms with Crippen molar-refractivity contribution in [3.8, 4) is 17.2 Å². The van der Waals surface area contributed by atoms with Gasteiger partial charge in [0.05, 0.1) is 47.6 Å². The zero-order chi connectivity index (χ0) is 35.9. The van der Waals surface area contributed by atoms with Crippen LogP contribution in [0.25, 0.3) is 16.6 Å². The largest absolute Gasteiger partial charge is 0.486 e. The van der Waals surface area contributed by atoms with Gasteiger partial charge in [-0.1, -0.05) is 13.0 Å². The number of ether oxygens (including phenoxy) is 3. The van der Waals surface area contributed by atoms with Gasteiger partial charge >= 0.3 is 11.9 Å². The summed E-state index contributed by atoms with van der Waals surface area (Å²) < 4.78 is 75.6. The quantitative estimate of drug-likeness (QED) is 0.275. The van der Waals surface area contributed by atoms with Crippen LogP contribution in [0.5, 0.6) is 11.5 Å². The summed E-state index contributed by atoms with van der Waals surface area (Å²) in [6.07, 6.45) is -1.89. The summed E-state index contributed by atoms with van der Waals surface area (Å²) in [5, 5.41) is 2.84. The highest BCUT2D eigenvalue weighted by Crippen LogP contribution is 2.40. The van der Waals surface area contributed by atoms with Crippen molar-refractivity contribution >= 4 is 28.3 Å². The average molecular weight is 700 g/mol. The molecular weight excluding hydrogens is 666 g/mol. The molecule has 50 heavy (non-hydrogen) atoms. The molecule has 4 heterocycles. The topological polar surface area (TPSA) is 134 Å². The summed E-state index contributed by atoms with van der Waals surface area (Å²) in [6, 6.07) is 3.54. The molecular formula is C34H33F4N5O7. The number of aryl methyl sites for hydroxylation is 2. The molecule has 0 saturated carbocycles. The number of rotatable bonds is 8. The van der Waals surface area contributed by atoms with Crippen molar-refractivity contribution in [1.82, 2.24) is 19.4 Å². The number of benzene rings is 2. The molecule has 2 aliphatic rings. The van der Waals surface area contributed by atoms with Crippen LogP contribution in [0.1, 0.15) is 34.8 Å². The van der Waals surface area contributed by atoms with Crippen LogP contribution < -0.4 is 30.9 Å². The Morgan fingerprint density at radius 2 is 1.82 bits per heavy atom. The van der Waals surface area contributed by atoms with Gasteiger partial charge in [0.1, 0.15) is 25.1 Å². The number of nitrogens with one attached hydrogen (secondary N) is 1. The van der Waals surface area contributed by atoms with Crippen molar-refractivity contribution in [3.63, 3.8) is 0 Å². The lowest BCUT2D eigenvalue weighted by atomic mass is 9.97. The van der Waals surface area contributed by atoms with Crippen LogP contribution in [0.3, 0.4) is 0 Å². The van der Waals surface area contributed by atoms with Gasteiger partial charge in [-0.3, -0.25) is 23.9 Å². The van der Waals surface area contributed by atoms with Gasteiger partial charge in [-0.2, -0.15) is 13.2 Å². The van der Waals surface area contributed by atoms with Crippen LogP contribution in [0.4, 0.5) is 23.2 Å². The van der Waals surface area contributed by atoms with E-state index in [1.54, 1.807) is 13.0 Å². The molecule has 2 aromatic heterocycles. The van der Waals surface area contributed by atoms with Crippen LogP contribution in [0, 0.1) is 12.7 Å². The zero-order valence-electron chi connectivity index (χ0n) is 27.3. The summed E-state index contributed by atoms with van der Waals surface area (Å²) >= 11 is 0. The molecule has 1 fully saturated rings. The average Bonchev–Trinajstić information content (AvgIpc) is 3.10. The number of anilines is 1. The molecule has 1 N–H and O–H groups in total. The second-order valence-corrected chi connectivity index (χ2v) is 12.0. The highest BCUT2D eigenvalue weighted by atomic mass is 19.4. The van der Waals surface area contributed by atoms with Crippen molar-refractivity contribution in [3.05, 3.63) is 86.1 Å². The maximum atomic E-state index is 15.5. The molecule has 12 nitrogen and oxygen atoms in total. The SMILES string of the molecule is CCC(=O)[C@H](Cc1ccc(-n2c(=O)c3ccncc3n(C)c2=O)c2c1OCCO2)NC(=O)c1c(C)cc(N2CCOC[C@@H]2C(F)(F)F)cc1F. The Morgan fingerprint density at radius 3 is 2.52 bits per heavy atom. The van der Waals surface area contributed by atoms with Crippen LogP contribution in [0.2, 0.25) is 0 Å². The van der Waals surface area contributed by atoms with Gasteiger partial charge in [0, 0.05) is 43.9 Å².